The molecule has 0 fully saturated rings. The number of ether oxygens (including phenoxy) is 1. The number of nitrogens with zero attached hydrogens (tertiary/aromatic N) is 1. The summed E-state index contributed by atoms with van der Waals surface area (Å²) < 4.78 is 6.18. The molecule has 4 nitrogen and oxygen atoms in total. The topological polar surface area (TPSA) is 50.7 Å². The summed E-state index contributed by atoms with van der Waals surface area (Å²) in [5.41, 5.74) is 4.39. The Morgan fingerprint density at radius 3 is 2.71 bits per heavy atom. The number of hydrazone groups is 1. The second-order valence-electron chi connectivity index (χ2n) is 4.35. The van der Waals surface area contributed by atoms with E-state index in [1.165, 1.54) is 0 Å². The van der Waals surface area contributed by atoms with Gasteiger partial charge in [0.15, 0.2) is 0 Å². The normalized spacial score (nSPS) is 10.6. The summed E-state index contributed by atoms with van der Waals surface area (Å²) in [5.74, 6) is 0.682. The maximum absolute atomic E-state index is 11.7. The summed E-state index contributed by atoms with van der Waals surface area (Å²) >= 11 is 2.19. The molecule has 5 heteroatoms. The van der Waals surface area contributed by atoms with E-state index in [-0.39, 0.29) is 5.91 Å². The molecule has 0 aliphatic rings. The minimum atomic E-state index is -0.138. The maximum Gasteiger partial charge on any atom is 0.244 e. The predicted molar refractivity (Wildman–Crippen MR) is 91.6 cm³/mol. The van der Waals surface area contributed by atoms with Gasteiger partial charge in [0.25, 0.3) is 0 Å². The number of methoxy groups -OCH3 is 1. The Morgan fingerprint density at radius 1 is 1.29 bits per heavy atom. The van der Waals surface area contributed by atoms with E-state index in [4.69, 9.17) is 4.74 Å². The molecule has 0 saturated heterocycles. The van der Waals surface area contributed by atoms with Gasteiger partial charge in [0.05, 0.1) is 23.3 Å². The summed E-state index contributed by atoms with van der Waals surface area (Å²) in [5, 5.41) is 3.97. The van der Waals surface area contributed by atoms with Crippen LogP contribution < -0.4 is 10.2 Å². The number of hydrogen-bond donors (Lipinski definition) is 1. The van der Waals surface area contributed by atoms with Gasteiger partial charge in [-0.05, 0) is 51.9 Å². The summed E-state index contributed by atoms with van der Waals surface area (Å²) in [6.45, 7) is 0. The molecular weight excluding hydrogens is 379 g/mol. The molecule has 2 rings (SSSR count). The van der Waals surface area contributed by atoms with Crippen LogP contribution in [0.1, 0.15) is 11.1 Å². The third-order valence-electron chi connectivity index (χ3n) is 2.79. The van der Waals surface area contributed by atoms with Crippen LogP contribution in [-0.2, 0) is 11.2 Å². The van der Waals surface area contributed by atoms with E-state index in [0.717, 1.165) is 20.4 Å². The van der Waals surface area contributed by atoms with Crippen LogP contribution in [-0.4, -0.2) is 19.2 Å². The van der Waals surface area contributed by atoms with Gasteiger partial charge in [0.2, 0.25) is 5.91 Å². The molecule has 0 radical (unpaired) electrons. The Labute approximate surface area is 137 Å². The number of amides is 1. The highest BCUT2D eigenvalue weighted by Gasteiger charge is 2.02. The van der Waals surface area contributed by atoms with Gasteiger partial charge in [-0.1, -0.05) is 30.3 Å². The molecule has 1 amide bonds. The molecule has 2 aromatic carbocycles. The first-order valence-corrected chi connectivity index (χ1v) is 7.46. The number of benzene rings is 2. The molecule has 0 aromatic heterocycles. The quantitative estimate of drug-likeness (QED) is 0.482. The number of rotatable bonds is 5. The summed E-state index contributed by atoms with van der Waals surface area (Å²) in [4.78, 5) is 11.7. The second-order valence-corrected chi connectivity index (χ2v) is 5.51. The van der Waals surface area contributed by atoms with Crippen molar-refractivity contribution in [2.24, 2.45) is 5.10 Å². The fourth-order valence-electron chi connectivity index (χ4n) is 1.76. The summed E-state index contributed by atoms with van der Waals surface area (Å²) in [6.07, 6.45) is 1.93. The zero-order chi connectivity index (χ0) is 15.1. The van der Waals surface area contributed by atoms with Crippen LogP contribution in [0.25, 0.3) is 0 Å². The van der Waals surface area contributed by atoms with Crippen molar-refractivity contribution in [1.29, 1.82) is 0 Å². The molecule has 0 saturated carbocycles. The van der Waals surface area contributed by atoms with E-state index >= 15 is 0 Å². The zero-order valence-corrected chi connectivity index (χ0v) is 13.7. The molecule has 0 aliphatic heterocycles. The van der Waals surface area contributed by atoms with Crippen molar-refractivity contribution in [2.75, 3.05) is 7.11 Å². The van der Waals surface area contributed by atoms with E-state index in [1.807, 2.05) is 48.5 Å². The fraction of sp³-hybridized carbons (Fsp3) is 0.125. The van der Waals surface area contributed by atoms with Crippen molar-refractivity contribution >= 4 is 34.7 Å². The van der Waals surface area contributed by atoms with E-state index in [0.29, 0.717) is 6.42 Å². The Kier molecular flexibility index (Phi) is 5.74. The van der Waals surface area contributed by atoms with E-state index < -0.39 is 0 Å². The van der Waals surface area contributed by atoms with Crippen LogP contribution in [0.3, 0.4) is 0 Å². The van der Waals surface area contributed by atoms with Crippen LogP contribution in [0.15, 0.2) is 53.6 Å². The highest BCUT2D eigenvalue weighted by molar-refractivity contribution is 14.1. The fourth-order valence-corrected chi connectivity index (χ4v) is 2.52. The number of hydrogen-bond acceptors (Lipinski definition) is 3. The van der Waals surface area contributed by atoms with Gasteiger partial charge in [-0.15, -0.1) is 0 Å². The van der Waals surface area contributed by atoms with Crippen LogP contribution in [0.4, 0.5) is 0 Å². The highest BCUT2D eigenvalue weighted by atomic mass is 127. The van der Waals surface area contributed by atoms with Crippen molar-refractivity contribution in [3.63, 3.8) is 0 Å². The molecule has 0 atom stereocenters. The molecule has 0 aliphatic carbocycles. The van der Waals surface area contributed by atoms with E-state index in [1.54, 1.807) is 13.3 Å². The van der Waals surface area contributed by atoms with Crippen molar-refractivity contribution in [1.82, 2.24) is 5.43 Å². The third kappa shape index (κ3) is 4.86. The van der Waals surface area contributed by atoms with Gasteiger partial charge >= 0.3 is 0 Å². The number of carbonyl (C=O) groups excluding carboxylic acids is 1. The Morgan fingerprint density at radius 2 is 2.05 bits per heavy atom. The summed E-state index contributed by atoms with van der Waals surface area (Å²) in [6, 6.07) is 15.3. The number of nitrogens with one attached hydrogen (secondary N) is 1. The van der Waals surface area contributed by atoms with Crippen molar-refractivity contribution in [3.8, 4) is 5.75 Å². The lowest BCUT2D eigenvalue weighted by Crippen LogP contribution is -2.19. The first-order chi connectivity index (χ1) is 10.2. The first-order valence-electron chi connectivity index (χ1n) is 6.38. The molecule has 21 heavy (non-hydrogen) atoms. The van der Waals surface area contributed by atoms with Gasteiger partial charge in [-0.25, -0.2) is 5.43 Å². The smallest absolute Gasteiger partial charge is 0.244 e. The second kappa shape index (κ2) is 7.78. The molecule has 0 spiro atoms. The highest BCUT2D eigenvalue weighted by Crippen LogP contribution is 2.20. The lowest BCUT2D eigenvalue weighted by molar-refractivity contribution is -0.120. The largest absolute Gasteiger partial charge is 0.496 e. The first kappa shape index (κ1) is 15.5. The Hall–Kier alpha value is -1.89. The molecular formula is C16H15IN2O2. The van der Waals surface area contributed by atoms with Crippen molar-refractivity contribution < 1.29 is 9.53 Å². The summed E-state index contributed by atoms with van der Waals surface area (Å²) in [7, 11) is 1.63. The van der Waals surface area contributed by atoms with Crippen LogP contribution in [0.5, 0.6) is 5.75 Å². The molecule has 2 aromatic rings. The number of carbonyl (C=O) groups is 1. The van der Waals surface area contributed by atoms with Crippen LogP contribution in [0, 0.1) is 3.57 Å². The SMILES string of the molecule is COc1ccc(/C=N/NC(=O)Cc2ccccc2)cc1I. The molecule has 0 unspecified atom stereocenters. The lowest BCUT2D eigenvalue weighted by Gasteiger charge is -2.03. The molecule has 0 heterocycles. The standard InChI is InChI=1S/C16H15IN2O2/c1-21-15-8-7-13(9-14(15)17)11-18-19-16(20)10-12-5-3-2-4-6-12/h2-9,11H,10H2,1H3,(H,19,20)/b18-11+. The molecule has 0 bridgehead atoms. The van der Waals surface area contributed by atoms with Crippen LogP contribution in [0.2, 0.25) is 0 Å². The minimum Gasteiger partial charge on any atom is -0.496 e. The maximum atomic E-state index is 11.7. The van der Waals surface area contributed by atoms with Gasteiger partial charge in [0.1, 0.15) is 5.75 Å². The predicted octanol–water partition coefficient (Wildman–Crippen LogP) is 2.99. The Balaban J connectivity index is 1.90. The van der Waals surface area contributed by atoms with E-state index in [9.17, 15) is 4.79 Å². The average Bonchev–Trinajstić information content (AvgIpc) is 2.48. The van der Waals surface area contributed by atoms with E-state index in [2.05, 4.69) is 33.1 Å². The van der Waals surface area contributed by atoms with Gasteiger partial charge in [-0.3, -0.25) is 4.79 Å². The van der Waals surface area contributed by atoms with Gasteiger partial charge in [0, 0.05) is 0 Å². The average molecular weight is 394 g/mol. The molecule has 108 valence electrons. The van der Waals surface area contributed by atoms with Gasteiger partial charge in [-0.2, -0.15) is 5.10 Å². The lowest BCUT2D eigenvalue weighted by atomic mass is 10.1. The minimum absolute atomic E-state index is 0.138. The van der Waals surface area contributed by atoms with Crippen LogP contribution >= 0.6 is 22.6 Å². The Bertz CT molecular complexity index is 642. The third-order valence-corrected chi connectivity index (χ3v) is 3.63. The monoisotopic (exact) mass is 394 g/mol. The van der Waals surface area contributed by atoms with Crippen molar-refractivity contribution in [3.05, 3.63) is 63.2 Å². The molecule has 1 N–H and O–H groups in total. The van der Waals surface area contributed by atoms with Crippen molar-refractivity contribution in [2.45, 2.75) is 6.42 Å². The van der Waals surface area contributed by atoms with Gasteiger partial charge < -0.3 is 4.74 Å². The number of halogens is 1. The zero-order valence-electron chi connectivity index (χ0n) is 11.5.